The number of hydrogen-bond donors (Lipinski definition) is 2. The molecule has 1 unspecified atom stereocenters. The van der Waals surface area contributed by atoms with Crippen LogP contribution in [0.3, 0.4) is 0 Å². The molecule has 2 aromatic heterocycles. The Morgan fingerprint density at radius 3 is 2.58 bits per heavy atom. The number of fused-ring (bicyclic) bond motifs is 2. The highest BCUT2D eigenvalue weighted by Crippen LogP contribution is 2.22. The van der Waals surface area contributed by atoms with Crippen molar-refractivity contribution >= 4 is 27.8 Å². The van der Waals surface area contributed by atoms with Crippen molar-refractivity contribution in [1.29, 1.82) is 0 Å². The molecule has 8 nitrogen and oxygen atoms in total. The highest BCUT2D eigenvalue weighted by molar-refractivity contribution is 5.78. The zero-order chi connectivity index (χ0) is 23.2. The number of rotatable bonds is 10. The van der Waals surface area contributed by atoms with Gasteiger partial charge >= 0.3 is 0 Å². The lowest BCUT2D eigenvalue weighted by Gasteiger charge is -2.18. The van der Waals surface area contributed by atoms with Crippen molar-refractivity contribution in [3.63, 3.8) is 0 Å². The molecule has 0 saturated carbocycles. The van der Waals surface area contributed by atoms with Crippen LogP contribution >= 0.6 is 0 Å². The van der Waals surface area contributed by atoms with Crippen molar-refractivity contribution in [2.45, 2.75) is 58.5 Å². The summed E-state index contributed by atoms with van der Waals surface area (Å²) in [5, 5.41) is 11.9. The van der Waals surface area contributed by atoms with E-state index in [-0.39, 0.29) is 17.5 Å². The van der Waals surface area contributed by atoms with Crippen LogP contribution in [-0.4, -0.2) is 30.9 Å². The number of amides is 1. The van der Waals surface area contributed by atoms with Gasteiger partial charge in [0.25, 0.3) is 5.56 Å². The summed E-state index contributed by atoms with van der Waals surface area (Å²) in [6.45, 7) is 4.77. The van der Waals surface area contributed by atoms with Gasteiger partial charge in [-0.15, -0.1) is 5.10 Å². The Morgan fingerprint density at radius 2 is 1.79 bits per heavy atom. The van der Waals surface area contributed by atoms with Gasteiger partial charge in [-0.25, -0.2) is 9.67 Å². The van der Waals surface area contributed by atoms with E-state index in [0.29, 0.717) is 29.8 Å². The lowest BCUT2D eigenvalue weighted by molar-refractivity contribution is -0.122. The summed E-state index contributed by atoms with van der Waals surface area (Å²) in [6, 6.07) is 15.0. The maximum atomic E-state index is 12.6. The van der Waals surface area contributed by atoms with Crippen molar-refractivity contribution in [2.24, 2.45) is 5.92 Å². The molecule has 172 valence electrons. The lowest BCUT2D eigenvalue weighted by Crippen LogP contribution is -2.30. The Labute approximate surface area is 192 Å². The largest absolute Gasteiger partial charge is 0.346 e. The molecule has 0 fully saturated rings. The summed E-state index contributed by atoms with van der Waals surface area (Å²) in [5.41, 5.74) is 2.36. The van der Waals surface area contributed by atoms with Crippen molar-refractivity contribution in [2.75, 3.05) is 0 Å². The first kappa shape index (κ1) is 22.6. The minimum absolute atomic E-state index is 0.0174. The smallest absolute Gasteiger partial charge is 0.277 e. The van der Waals surface area contributed by atoms with Crippen LogP contribution in [0.2, 0.25) is 0 Å². The molecule has 4 rings (SSSR count). The summed E-state index contributed by atoms with van der Waals surface area (Å²) < 4.78 is 1.41. The number of aromatic amines is 1. The SMILES string of the molecule is CC(C)CC(NC(=O)CCCCCn1nnc2ccccc2c1=O)c1nc2ccccc2[nH]1. The number of aromatic nitrogens is 5. The second kappa shape index (κ2) is 10.4. The fourth-order valence-corrected chi connectivity index (χ4v) is 4.01. The van der Waals surface area contributed by atoms with Crippen LogP contribution < -0.4 is 10.9 Å². The molecule has 0 aliphatic rings. The van der Waals surface area contributed by atoms with E-state index in [9.17, 15) is 9.59 Å². The van der Waals surface area contributed by atoms with Crippen LogP contribution in [0.25, 0.3) is 21.9 Å². The minimum atomic E-state index is -0.142. The van der Waals surface area contributed by atoms with E-state index in [4.69, 9.17) is 0 Å². The number of nitrogens with one attached hydrogen (secondary N) is 2. The summed E-state index contributed by atoms with van der Waals surface area (Å²) >= 11 is 0. The monoisotopic (exact) mass is 446 g/mol. The fraction of sp³-hybridized carbons (Fsp3) is 0.400. The molecule has 33 heavy (non-hydrogen) atoms. The molecule has 0 bridgehead atoms. The molecule has 2 aromatic carbocycles. The number of hydrogen-bond acceptors (Lipinski definition) is 5. The Hall–Kier alpha value is -3.55. The highest BCUT2D eigenvalue weighted by Gasteiger charge is 2.19. The van der Waals surface area contributed by atoms with E-state index < -0.39 is 0 Å². The van der Waals surface area contributed by atoms with Gasteiger partial charge < -0.3 is 10.3 Å². The van der Waals surface area contributed by atoms with Crippen molar-refractivity contribution < 1.29 is 4.79 Å². The molecule has 0 spiro atoms. The van der Waals surface area contributed by atoms with Gasteiger partial charge in [-0.1, -0.05) is 49.7 Å². The molecule has 0 aliphatic carbocycles. The Morgan fingerprint density at radius 1 is 1.03 bits per heavy atom. The second-order valence-corrected chi connectivity index (χ2v) is 8.83. The first-order valence-electron chi connectivity index (χ1n) is 11.6. The summed E-state index contributed by atoms with van der Waals surface area (Å²) in [7, 11) is 0. The fourth-order valence-electron chi connectivity index (χ4n) is 4.01. The van der Waals surface area contributed by atoms with Gasteiger partial charge in [0.15, 0.2) is 0 Å². The predicted molar refractivity (Wildman–Crippen MR) is 129 cm³/mol. The van der Waals surface area contributed by atoms with Crippen LogP contribution in [0.5, 0.6) is 0 Å². The van der Waals surface area contributed by atoms with Gasteiger partial charge in [-0.3, -0.25) is 9.59 Å². The third-order valence-corrected chi connectivity index (χ3v) is 5.68. The van der Waals surface area contributed by atoms with Crippen LogP contribution in [0.4, 0.5) is 0 Å². The normalized spacial score (nSPS) is 12.5. The van der Waals surface area contributed by atoms with Crippen LogP contribution in [0, 0.1) is 5.92 Å². The summed E-state index contributed by atoms with van der Waals surface area (Å²) in [5.74, 6) is 1.24. The Kier molecular flexibility index (Phi) is 7.12. The quantitative estimate of drug-likeness (QED) is 0.356. The first-order valence-corrected chi connectivity index (χ1v) is 11.6. The molecule has 8 heteroatoms. The molecule has 0 aliphatic heterocycles. The summed E-state index contributed by atoms with van der Waals surface area (Å²) in [4.78, 5) is 33.1. The van der Waals surface area contributed by atoms with E-state index in [1.54, 1.807) is 12.1 Å². The van der Waals surface area contributed by atoms with E-state index >= 15 is 0 Å². The maximum Gasteiger partial charge on any atom is 0.277 e. The predicted octanol–water partition coefficient (Wildman–Crippen LogP) is 4.13. The molecule has 1 amide bonds. The number of para-hydroxylation sites is 2. The van der Waals surface area contributed by atoms with Gasteiger partial charge in [0.1, 0.15) is 11.3 Å². The topological polar surface area (TPSA) is 106 Å². The molecule has 1 atom stereocenters. The molecule has 0 saturated heterocycles. The van der Waals surface area contributed by atoms with E-state index in [1.807, 2.05) is 36.4 Å². The van der Waals surface area contributed by atoms with E-state index in [2.05, 4.69) is 39.4 Å². The van der Waals surface area contributed by atoms with Crippen LogP contribution in [0.15, 0.2) is 53.3 Å². The molecule has 4 aromatic rings. The number of aryl methyl sites for hydroxylation is 1. The molecule has 2 N–H and O–H groups in total. The molecule has 0 radical (unpaired) electrons. The van der Waals surface area contributed by atoms with Crippen molar-refractivity contribution in [3.8, 4) is 0 Å². The zero-order valence-electron chi connectivity index (χ0n) is 19.1. The third kappa shape index (κ3) is 5.63. The summed E-state index contributed by atoms with van der Waals surface area (Å²) in [6.07, 6.45) is 3.59. The molecular weight excluding hydrogens is 416 g/mol. The van der Waals surface area contributed by atoms with Gasteiger partial charge in [0.2, 0.25) is 5.91 Å². The highest BCUT2D eigenvalue weighted by atomic mass is 16.1. The van der Waals surface area contributed by atoms with Crippen LogP contribution in [0.1, 0.15) is 57.8 Å². The van der Waals surface area contributed by atoms with Crippen LogP contribution in [-0.2, 0) is 11.3 Å². The van der Waals surface area contributed by atoms with Gasteiger partial charge in [0, 0.05) is 13.0 Å². The van der Waals surface area contributed by atoms with E-state index in [0.717, 1.165) is 42.5 Å². The Bertz CT molecular complexity index is 1260. The second-order valence-electron chi connectivity index (χ2n) is 8.83. The minimum Gasteiger partial charge on any atom is -0.346 e. The van der Waals surface area contributed by atoms with Crippen molar-refractivity contribution in [1.82, 2.24) is 30.3 Å². The lowest BCUT2D eigenvalue weighted by atomic mass is 10.0. The number of carbonyl (C=O) groups is 1. The molecule has 2 heterocycles. The zero-order valence-corrected chi connectivity index (χ0v) is 19.1. The average Bonchev–Trinajstić information content (AvgIpc) is 3.24. The van der Waals surface area contributed by atoms with Gasteiger partial charge in [-0.05, 0) is 49.4 Å². The number of imidazole rings is 1. The Balaban J connectivity index is 1.28. The average molecular weight is 447 g/mol. The number of nitrogens with zero attached hydrogens (tertiary/aromatic N) is 4. The first-order chi connectivity index (χ1) is 16.0. The number of unbranched alkanes of at least 4 members (excludes halogenated alkanes) is 2. The maximum absolute atomic E-state index is 12.6. The number of benzene rings is 2. The number of H-pyrrole nitrogens is 1. The third-order valence-electron chi connectivity index (χ3n) is 5.68. The van der Waals surface area contributed by atoms with E-state index in [1.165, 1.54) is 4.68 Å². The molecular formula is C25H30N6O2. The van der Waals surface area contributed by atoms with Crippen molar-refractivity contribution in [3.05, 3.63) is 64.7 Å². The van der Waals surface area contributed by atoms with Gasteiger partial charge in [0.05, 0.1) is 22.5 Å². The van der Waals surface area contributed by atoms with Gasteiger partial charge in [-0.2, -0.15) is 0 Å². The standard InChI is InChI=1S/C25H30N6O2/c1-17(2)16-22(24-27-20-12-7-8-13-21(20)28-24)26-23(32)14-4-3-9-15-31-25(33)18-10-5-6-11-19(18)29-30-31/h5-8,10-13,17,22H,3-4,9,14-16H2,1-2H3,(H,26,32)(H,27,28). The number of carbonyl (C=O) groups excluding carboxylic acids is 1.